The van der Waals surface area contributed by atoms with Crippen LogP contribution in [0, 0.1) is 0 Å². The molecule has 4 heteroatoms. The average molecular weight is 293 g/mol. The van der Waals surface area contributed by atoms with E-state index in [0.29, 0.717) is 17.7 Å². The summed E-state index contributed by atoms with van der Waals surface area (Å²) in [4.78, 5) is 12.2. The zero-order valence-electron chi connectivity index (χ0n) is 12.2. The Balaban J connectivity index is 1.92. The topological polar surface area (TPSA) is 38.3 Å². The third-order valence-electron chi connectivity index (χ3n) is 3.72. The smallest absolute Gasteiger partial charge is 0.224 e. The molecule has 20 heavy (non-hydrogen) atoms. The Labute approximate surface area is 125 Å². The molecule has 2 unspecified atom stereocenters. The summed E-state index contributed by atoms with van der Waals surface area (Å²) in [6.45, 7) is 2.18. The molecule has 2 rings (SSSR count). The number of para-hydroxylation sites is 1. The number of carbonyl (C=O) groups is 1. The van der Waals surface area contributed by atoms with E-state index in [1.165, 1.54) is 12.8 Å². The van der Waals surface area contributed by atoms with E-state index in [1.54, 1.807) is 7.11 Å². The third-order valence-corrected chi connectivity index (χ3v) is 5.05. The molecule has 0 saturated heterocycles. The summed E-state index contributed by atoms with van der Waals surface area (Å²) in [5.74, 6) is 2.00. The molecular weight excluding hydrogens is 270 g/mol. The zero-order valence-corrected chi connectivity index (χ0v) is 13.0. The first-order valence-electron chi connectivity index (χ1n) is 7.27. The molecule has 1 aromatic rings. The molecule has 0 spiro atoms. The first kappa shape index (κ1) is 15.2. The normalized spacial score (nSPS) is 21.7. The maximum absolute atomic E-state index is 12.2. The summed E-state index contributed by atoms with van der Waals surface area (Å²) in [5.41, 5.74) is 0.949. The van der Waals surface area contributed by atoms with Crippen LogP contribution < -0.4 is 10.1 Å². The maximum atomic E-state index is 12.2. The Bertz CT molecular complexity index is 450. The molecule has 0 aliphatic heterocycles. The van der Waals surface area contributed by atoms with E-state index >= 15 is 0 Å². The number of thioether (sulfide) groups is 1. The monoisotopic (exact) mass is 293 g/mol. The lowest BCUT2D eigenvalue weighted by molar-refractivity contribution is -0.121. The number of benzene rings is 1. The lowest BCUT2D eigenvalue weighted by atomic mass is 10.1. The molecule has 1 fully saturated rings. The fourth-order valence-corrected chi connectivity index (χ4v) is 3.98. The van der Waals surface area contributed by atoms with Crippen molar-refractivity contribution in [1.29, 1.82) is 0 Å². The van der Waals surface area contributed by atoms with Gasteiger partial charge in [-0.3, -0.25) is 4.79 Å². The molecule has 1 saturated carbocycles. The molecule has 1 amide bonds. The number of methoxy groups -OCH3 is 1. The number of carbonyl (C=O) groups excluding carboxylic acids is 1. The van der Waals surface area contributed by atoms with Crippen LogP contribution in [0.3, 0.4) is 0 Å². The van der Waals surface area contributed by atoms with Crippen molar-refractivity contribution in [2.75, 3.05) is 12.9 Å². The van der Waals surface area contributed by atoms with Crippen LogP contribution in [-0.4, -0.2) is 30.1 Å². The standard InChI is InChI=1S/C16H23NO2S/c1-3-20-15-10-6-8-13(15)17-16(18)11-12-7-4-5-9-14(12)19-2/h4-5,7,9,13,15H,3,6,8,10-11H2,1-2H3,(H,17,18). The minimum absolute atomic E-state index is 0.100. The van der Waals surface area contributed by atoms with Crippen LogP contribution >= 0.6 is 11.8 Å². The van der Waals surface area contributed by atoms with Crippen LogP contribution in [0.1, 0.15) is 31.7 Å². The predicted molar refractivity (Wildman–Crippen MR) is 84.4 cm³/mol. The van der Waals surface area contributed by atoms with E-state index in [0.717, 1.165) is 23.5 Å². The lowest BCUT2D eigenvalue weighted by Crippen LogP contribution is -2.39. The van der Waals surface area contributed by atoms with Crippen molar-refractivity contribution in [3.63, 3.8) is 0 Å². The molecule has 1 aromatic carbocycles. The summed E-state index contributed by atoms with van der Waals surface area (Å²) >= 11 is 1.96. The number of amides is 1. The Morgan fingerprint density at radius 2 is 2.20 bits per heavy atom. The van der Waals surface area contributed by atoms with Crippen LogP contribution in [0.15, 0.2) is 24.3 Å². The average Bonchev–Trinajstić information content (AvgIpc) is 2.87. The van der Waals surface area contributed by atoms with E-state index in [9.17, 15) is 4.79 Å². The molecular formula is C16H23NO2S. The number of hydrogen-bond acceptors (Lipinski definition) is 3. The van der Waals surface area contributed by atoms with Gasteiger partial charge in [-0.25, -0.2) is 0 Å². The fraction of sp³-hybridized carbons (Fsp3) is 0.562. The van der Waals surface area contributed by atoms with Gasteiger partial charge in [0.05, 0.1) is 13.5 Å². The van der Waals surface area contributed by atoms with Crippen LogP contribution in [0.4, 0.5) is 0 Å². The van der Waals surface area contributed by atoms with Gasteiger partial charge in [0.25, 0.3) is 0 Å². The van der Waals surface area contributed by atoms with Crippen molar-refractivity contribution in [2.24, 2.45) is 0 Å². The quantitative estimate of drug-likeness (QED) is 0.876. The second-order valence-electron chi connectivity index (χ2n) is 5.09. The molecule has 0 aromatic heterocycles. The van der Waals surface area contributed by atoms with E-state index in [1.807, 2.05) is 36.0 Å². The van der Waals surface area contributed by atoms with Gasteiger partial charge in [0, 0.05) is 16.9 Å². The molecule has 110 valence electrons. The molecule has 1 N–H and O–H groups in total. The fourth-order valence-electron chi connectivity index (χ4n) is 2.78. The van der Waals surface area contributed by atoms with Crippen LogP contribution in [0.25, 0.3) is 0 Å². The van der Waals surface area contributed by atoms with Crippen LogP contribution in [-0.2, 0) is 11.2 Å². The van der Waals surface area contributed by atoms with Gasteiger partial charge < -0.3 is 10.1 Å². The summed E-state index contributed by atoms with van der Waals surface area (Å²) in [6, 6.07) is 8.04. The van der Waals surface area contributed by atoms with E-state index < -0.39 is 0 Å². The summed E-state index contributed by atoms with van der Waals surface area (Å²) in [5, 5.41) is 3.78. The van der Waals surface area contributed by atoms with Crippen LogP contribution in [0.5, 0.6) is 5.75 Å². The summed E-state index contributed by atoms with van der Waals surface area (Å²) in [6.07, 6.45) is 3.94. The molecule has 2 atom stereocenters. The van der Waals surface area contributed by atoms with Gasteiger partial charge in [-0.15, -0.1) is 0 Å². The van der Waals surface area contributed by atoms with Gasteiger partial charge in [0.15, 0.2) is 0 Å². The van der Waals surface area contributed by atoms with E-state index in [4.69, 9.17) is 4.74 Å². The summed E-state index contributed by atoms with van der Waals surface area (Å²) in [7, 11) is 1.64. The number of rotatable bonds is 6. The van der Waals surface area contributed by atoms with Crippen molar-refractivity contribution >= 4 is 17.7 Å². The highest BCUT2D eigenvalue weighted by Gasteiger charge is 2.28. The van der Waals surface area contributed by atoms with Crippen molar-refractivity contribution in [3.05, 3.63) is 29.8 Å². The van der Waals surface area contributed by atoms with Gasteiger partial charge in [0.2, 0.25) is 5.91 Å². The highest BCUT2D eigenvalue weighted by molar-refractivity contribution is 7.99. The van der Waals surface area contributed by atoms with Gasteiger partial charge >= 0.3 is 0 Å². The molecule has 0 bridgehead atoms. The number of hydrogen-bond donors (Lipinski definition) is 1. The summed E-state index contributed by atoms with van der Waals surface area (Å²) < 4.78 is 5.29. The van der Waals surface area contributed by atoms with E-state index in [2.05, 4.69) is 12.2 Å². The van der Waals surface area contributed by atoms with Gasteiger partial charge in [0.1, 0.15) is 5.75 Å². The van der Waals surface area contributed by atoms with Crippen molar-refractivity contribution < 1.29 is 9.53 Å². The van der Waals surface area contributed by atoms with Gasteiger partial charge in [-0.05, 0) is 24.7 Å². The first-order valence-corrected chi connectivity index (χ1v) is 8.32. The SMILES string of the molecule is CCSC1CCCC1NC(=O)Cc1ccccc1OC. The largest absolute Gasteiger partial charge is 0.496 e. The van der Waals surface area contributed by atoms with E-state index in [-0.39, 0.29) is 5.91 Å². The van der Waals surface area contributed by atoms with Crippen molar-refractivity contribution in [1.82, 2.24) is 5.32 Å². The first-order chi connectivity index (χ1) is 9.74. The van der Waals surface area contributed by atoms with Crippen LogP contribution in [0.2, 0.25) is 0 Å². The predicted octanol–water partition coefficient (Wildman–Crippen LogP) is 3.03. The third kappa shape index (κ3) is 3.92. The molecule has 1 aliphatic rings. The Kier molecular flexibility index (Phi) is 5.77. The molecule has 1 aliphatic carbocycles. The van der Waals surface area contributed by atoms with Gasteiger partial charge in [-0.1, -0.05) is 31.5 Å². The lowest BCUT2D eigenvalue weighted by Gasteiger charge is -2.20. The van der Waals surface area contributed by atoms with Gasteiger partial charge in [-0.2, -0.15) is 11.8 Å². The highest BCUT2D eigenvalue weighted by atomic mass is 32.2. The van der Waals surface area contributed by atoms with Crippen molar-refractivity contribution in [2.45, 2.75) is 43.9 Å². The molecule has 3 nitrogen and oxygen atoms in total. The molecule has 0 heterocycles. The number of ether oxygens (including phenoxy) is 1. The second kappa shape index (κ2) is 7.58. The zero-order chi connectivity index (χ0) is 14.4. The highest BCUT2D eigenvalue weighted by Crippen LogP contribution is 2.30. The second-order valence-corrected chi connectivity index (χ2v) is 6.60. The van der Waals surface area contributed by atoms with Crippen molar-refractivity contribution in [3.8, 4) is 5.75 Å². The Hall–Kier alpha value is -1.16. The maximum Gasteiger partial charge on any atom is 0.224 e. The minimum Gasteiger partial charge on any atom is -0.496 e. The Morgan fingerprint density at radius 3 is 2.95 bits per heavy atom. The Morgan fingerprint density at radius 1 is 1.40 bits per heavy atom. The number of nitrogens with one attached hydrogen (secondary N) is 1. The minimum atomic E-state index is 0.100. The molecule has 0 radical (unpaired) electrons.